The monoisotopic (exact) mass is 453 g/mol. The highest BCUT2D eigenvalue weighted by Crippen LogP contribution is 2.23. The van der Waals surface area contributed by atoms with Gasteiger partial charge in [-0.2, -0.15) is 0 Å². The van der Waals surface area contributed by atoms with E-state index in [1.54, 1.807) is 12.1 Å². The predicted molar refractivity (Wildman–Crippen MR) is 105 cm³/mol. The van der Waals surface area contributed by atoms with Crippen molar-refractivity contribution in [1.82, 2.24) is 0 Å². The molecule has 0 bridgehead atoms. The second-order valence-corrected chi connectivity index (χ2v) is 9.43. The average Bonchev–Trinajstić information content (AvgIpc) is 2.58. The summed E-state index contributed by atoms with van der Waals surface area (Å²) in [6.45, 7) is 5.75. The van der Waals surface area contributed by atoms with Crippen molar-refractivity contribution < 1.29 is 22.7 Å². The molecule has 0 aliphatic carbocycles. The molecule has 0 saturated carbocycles. The first-order valence-electron chi connectivity index (χ1n) is 8.03. The lowest BCUT2D eigenvalue weighted by molar-refractivity contribution is 0.0473. The summed E-state index contributed by atoms with van der Waals surface area (Å²) in [5.74, 6) is -1.19. The normalized spacial score (nSPS) is 11.9. The molecule has 0 unspecified atom stereocenters. The third-order valence-corrected chi connectivity index (χ3v) is 5.50. The minimum atomic E-state index is -3.96. The number of sulfonamides is 1. The van der Waals surface area contributed by atoms with E-state index < -0.39 is 22.6 Å². The largest absolute Gasteiger partial charge is 0.454 e. The molecule has 144 valence electrons. The summed E-state index contributed by atoms with van der Waals surface area (Å²) >= 11 is 3.15. The van der Waals surface area contributed by atoms with Crippen LogP contribution in [0.5, 0.6) is 0 Å². The van der Waals surface area contributed by atoms with Gasteiger partial charge in [0.25, 0.3) is 0 Å². The quantitative estimate of drug-likeness (QED) is 0.551. The number of benzene rings is 2. The van der Waals surface area contributed by atoms with Gasteiger partial charge in [0.1, 0.15) is 0 Å². The van der Waals surface area contributed by atoms with Gasteiger partial charge < -0.3 is 4.74 Å². The second kappa shape index (κ2) is 7.92. The highest BCUT2D eigenvalue weighted by atomic mass is 79.9. The summed E-state index contributed by atoms with van der Waals surface area (Å²) in [4.78, 5) is 24.3. The number of hydrogen-bond acceptors (Lipinski definition) is 5. The van der Waals surface area contributed by atoms with E-state index in [0.717, 1.165) is 11.6 Å². The molecule has 8 heteroatoms. The topological polar surface area (TPSA) is 104 Å². The van der Waals surface area contributed by atoms with E-state index in [2.05, 4.69) is 36.7 Å². The zero-order valence-electron chi connectivity index (χ0n) is 15.2. The molecule has 0 fully saturated rings. The van der Waals surface area contributed by atoms with Crippen LogP contribution in [0.15, 0.2) is 51.8 Å². The van der Waals surface area contributed by atoms with E-state index in [1.165, 1.54) is 12.1 Å². The fourth-order valence-electron chi connectivity index (χ4n) is 2.29. The number of halogens is 1. The Morgan fingerprint density at radius 3 is 2.19 bits per heavy atom. The van der Waals surface area contributed by atoms with Gasteiger partial charge in [-0.05, 0) is 45.1 Å². The van der Waals surface area contributed by atoms with Crippen LogP contribution in [0.1, 0.15) is 47.1 Å². The summed E-state index contributed by atoms with van der Waals surface area (Å²) in [5.41, 5.74) is 1.44. The number of esters is 1. The zero-order chi connectivity index (χ0) is 20.4. The van der Waals surface area contributed by atoms with Gasteiger partial charge in [0.15, 0.2) is 12.4 Å². The van der Waals surface area contributed by atoms with Crippen molar-refractivity contribution in [3.8, 4) is 0 Å². The number of nitrogens with two attached hydrogens (primary N) is 1. The highest BCUT2D eigenvalue weighted by molar-refractivity contribution is 9.10. The molecule has 0 spiro atoms. The number of Topliss-reactive ketones (excluding diaryl/α,β-unsaturated/α-hetero) is 1. The molecular weight excluding hydrogens is 434 g/mol. The Kier molecular flexibility index (Phi) is 6.24. The number of primary sulfonamides is 1. The lowest BCUT2D eigenvalue weighted by atomic mass is 9.86. The molecule has 2 rings (SSSR count). The molecule has 0 heterocycles. The van der Waals surface area contributed by atoms with Crippen molar-refractivity contribution in [3.63, 3.8) is 0 Å². The first-order valence-corrected chi connectivity index (χ1v) is 10.4. The summed E-state index contributed by atoms with van der Waals surface area (Å²) in [5, 5.41) is 5.07. The van der Waals surface area contributed by atoms with E-state index in [0.29, 0.717) is 10.0 Å². The Labute approximate surface area is 166 Å². The molecule has 2 aromatic rings. The first kappa shape index (κ1) is 21.3. The van der Waals surface area contributed by atoms with E-state index >= 15 is 0 Å². The van der Waals surface area contributed by atoms with Gasteiger partial charge in [0.2, 0.25) is 10.0 Å². The number of ketones is 1. The third kappa shape index (κ3) is 5.47. The van der Waals surface area contributed by atoms with Gasteiger partial charge >= 0.3 is 5.97 Å². The summed E-state index contributed by atoms with van der Waals surface area (Å²) in [7, 11) is -3.96. The van der Waals surface area contributed by atoms with Crippen molar-refractivity contribution in [3.05, 3.63) is 63.6 Å². The summed E-state index contributed by atoms with van der Waals surface area (Å²) < 4.78 is 28.2. The lowest BCUT2D eigenvalue weighted by Crippen LogP contribution is -2.17. The van der Waals surface area contributed by atoms with Crippen LogP contribution < -0.4 is 5.14 Å². The van der Waals surface area contributed by atoms with E-state index in [-0.39, 0.29) is 21.7 Å². The van der Waals surface area contributed by atoms with Crippen molar-refractivity contribution in [2.45, 2.75) is 31.1 Å². The van der Waals surface area contributed by atoms with Crippen LogP contribution in [0.2, 0.25) is 0 Å². The molecule has 0 atom stereocenters. The van der Waals surface area contributed by atoms with Gasteiger partial charge in [-0.3, -0.25) is 4.79 Å². The predicted octanol–water partition coefficient (Wildman–Crippen LogP) is 3.43. The van der Waals surface area contributed by atoms with Crippen LogP contribution >= 0.6 is 15.9 Å². The zero-order valence-corrected chi connectivity index (χ0v) is 17.6. The van der Waals surface area contributed by atoms with Crippen LogP contribution in [0.25, 0.3) is 0 Å². The maximum absolute atomic E-state index is 12.2. The number of carbonyl (C=O) groups excluding carboxylic acids is 2. The van der Waals surface area contributed by atoms with Crippen LogP contribution in [0.4, 0.5) is 0 Å². The van der Waals surface area contributed by atoms with E-state index in [4.69, 9.17) is 9.88 Å². The summed E-state index contributed by atoms with van der Waals surface area (Å²) in [6.07, 6.45) is 0. The molecule has 0 saturated heterocycles. The molecule has 0 aromatic heterocycles. The molecular formula is C19H20BrNO5S. The van der Waals surface area contributed by atoms with Crippen molar-refractivity contribution in [1.29, 1.82) is 0 Å². The van der Waals surface area contributed by atoms with Crippen molar-refractivity contribution >= 4 is 37.7 Å². The van der Waals surface area contributed by atoms with Crippen LogP contribution in [-0.2, 0) is 20.2 Å². The Balaban J connectivity index is 2.10. The smallest absolute Gasteiger partial charge is 0.339 e. The van der Waals surface area contributed by atoms with Crippen molar-refractivity contribution in [2.75, 3.05) is 6.61 Å². The second-order valence-electron chi connectivity index (χ2n) is 7.01. The average molecular weight is 454 g/mol. The molecule has 0 amide bonds. The Hall–Kier alpha value is -2.03. The number of carbonyl (C=O) groups is 2. The molecule has 27 heavy (non-hydrogen) atoms. The molecule has 0 aliphatic heterocycles. The van der Waals surface area contributed by atoms with Crippen LogP contribution in [-0.4, -0.2) is 26.8 Å². The number of rotatable bonds is 5. The third-order valence-electron chi connectivity index (χ3n) is 3.89. The Bertz CT molecular complexity index is 976. The minimum Gasteiger partial charge on any atom is -0.454 e. The van der Waals surface area contributed by atoms with Gasteiger partial charge in [0, 0.05) is 10.0 Å². The SMILES string of the molecule is CC(C)(C)c1ccc(C(=O)COC(=O)c2cc(S(N)(=O)=O)ccc2Br)cc1. The standard InChI is InChI=1S/C19H20BrNO5S/c1-19(2,3)13-6-4-12(5-7-13)17(22)11-26-18(23)15-10-14(27(21,24)25)8-9-16(15)20/h4-10H,11H2,1-3H3,(H2,21,24,25). The van der Waals surface area contributed by atoms with E-state index in [1.807, 2.05) is 12.1 Å². The fraction of sp³-hybridized carbons (Fsp3) is 0.263. The molecule has 2 N–H and O–H groups in total. The first-order chi connectivity index (χ1) is 12.4. The number of ether oxygens (including phenoxy) is 1. The van der Waals surface area contributed by atoms with Crippen molar-refractivity contribution in [2.24, 2.45) is 5.14 Å². The van der Waals surface area contributed by atoms with Gasteiger partial charge in [0.05, 0.1) is 10.5 Å². The molecule has 0 aliphatic rings. The molecule has 0 radical (unpaired) electrons. The van der Waals surface area contributed by atoms with Crippen LogP contribution in [0.3, 0.4) is 0 Å². The molecule has 2 aromatic carbocycles. The minimum absolute atomic E-state index is 0.0302. The van der Waals surface area contributed by atoms with E-state index in [9.17, 15) is 18.0 Å². The number of hydrogen-bond donors (Lipinski definition) is 1. The summed E-state index contributed by atoms with van der Waals surface area (Å²) in [6, 6.07) is 10.8. The molecule has 6 nitrogen and oxygen atoms in total. The highest BCUT2D eigenvalue weighted by Gasteiger charge is 2.19. The Morgan fingerprint density at radius 1 is 1.07 bits per heavy atom. The maximum Gasteiger partial charge on any atom is 0.339 e. The van der Waals surface area contributed by atoms with Crippen LogP contribution in [0, 0.1) is 0 Å². The maximum atomic E-state index is 12.2. The van der Waals surface area contributed by atoms with Gasteiger partial charge in [-0.1, -0.05) is 45.0 Å². The van der Waals surface area contributed by atoms with Gasteiger partial charge in [-0.15, -0.1) is 0 Å². The van der Waals surface area contributed by atoms with Gasteiger partial charge in [-0.25, -0.2) is 18.4 Å². The fourth-order valence-corrected chi connectivity index (χ4v) is 3.23. The Morgan fingerprint density at radius 2 is 1.67 bits per heavy atom. The lowest BCUT2D eigenvalue weighted by Gasteiger charge is -2.18.